The van der Waals surface area contributed by atoms with Gasteiger partial charge in [0.1, 0.15) is 4.70 Å². The summed E-state index contributed by atoms with van der Waals surface area (Å²) >= 11 is 3.98. The third-order valence-corrected chi connectivity index (χ3v) is 5.46. The van der Waals surface area contributed by atoms with Crippen LogP contribution in [0.4, 0.5) is 0 Å². The molecule has 3 heterocycles. The maximum atomic E-state index is 12.6. The van der Waals surface area contributed by atoms with Crippen LogP contribution in [0, 0.1) is 0 Å². The third-order valence-electron chi connectivity index (χ3n) is 2.75. The van der Waals surface area contributed by atoms with Crippen molar-refractivity contribution in [3.63, 3.8) is 0 Å². The Hall–Kier alpha value is -1.64. The molecule has 0 aliphatic rings. The molecule has 0 amide bonds. The van der Waals surface area contributed by atoms with Crippen molar-refractivity contribution in [3.05, 3.63) is 44.2 Å². The van der Waals surface area contributed by atoms with E-state index in [1.165, 1.54) is 11.3 Å². The van der Waals surface area contributed by atoms with Gasteiger partial charge in [-0.25, -0.2) is 4.98 Å². The summed E-state index contributed by atoms with van der Waals surface area (Å²) in [4.78, 5) is 28.8. The van der Waals surface area contributed by atoms with Crippen molar-refractivity contribution in [2.75, 3.05) is 5.75 Å². The maximum Gasteiger partial charge on any atom is 0.313 e. The SMILES string of the molecule is O=C(O)CSc1nc2ccsc2c(=O)n1Cc1cccs1. The molecule has 108 valence electrons. The van der Waals surface area contributed by atoms with Crippen molar-refractivity contribution in [1.82, 2.24) is 9.55 Å². The Kier molecular flexibility index (Phi) is 4.09. The third kappa shape index (κ3) is 3.02. The van der Waals surface area contributed by atoms with Crippen LogP contribution in [0.2, 0.25) is 0 Å². The fraction of sp³-hybridized carbons (Fsp3) is 0.154. The number of carbonyl (C=O) groups is 1. The highest BCUT2D eigenvalue weighted by atomic mass is 32.2. The number of hydrogen-bond acceptors (Lipinski definition) is 6. The van der Waals surface area contributed by atoms with Gasteiger partial charge in [0.25, 0.3) is 5.56 Å². The van der Waals surface area contributed by atoms with E-state index < -0.39 is 5.97 Å². The highest BCUT2D eigenvalue weighted by Crippen LogP contribution is 2.22. The lowest BCUT2D eigenvalue weighted by molar-refractivity contribution is -0.133. The fourth-order valence-corrected chi connectivity index (χ4v) is 4.05. The molecule has 21 heavy (non-hydrogen) atoms. The number of fused-ring (bicyclic) bond motifs is 1. The zero-order chi connectivity index (χ0) is 14.8. The number of hydrogen-bond donors (Lipinski definition) is 1. The van der Waals surface area contributed by atoms with Crippen LogP contribution < -0.4 is 5.56 Å². The van der Waals surface area contributed by atoms with Crippen molar-refractivity contribution < 1.29 is 9.90 Å². The van der Waals surface area contributed by atoms with Gasteiger partial charge in [-0.05, 0) is 22.9 Å². The summed E-state index contributed by atoms with van der Waals surface area (Å²) < 4.78 is 2.16. The average molecular weight is 338 g/mol. The van der Waals surface area contributed by atoms with Gasteiger partial charge in [-0.3, -0.25) is 14.2 Å². The molecule has 3 aromatic rings. The molecule has 0 aromatic carbocycles. The molecule has 0 atom stereocenters. The standard InChI is InChI=1S/C13H10N2O3S3/c16-10(17)7-21-13-14-9-3-5-20-11(9)12(18)15(13)6-8-2-1-4-19-8/h1-5H,6-7H2,(H,16,17). The van der Waals surface area contributed by atoms with Crippen molar-refractivity contribution in [3.8, 4) is 0 Å². The monoisotopic (exact) mass is 338 g/mol. The molecule has 0 spiro atoms. The van der Waals surface area contributed by atoms with Crippen LogP contribution in [-0.4, -0.2) is 26.4 Å². The van der Waals surface area contributed by atoms with Gasteiger partial charge >= 0.3 is 5.97 Å². The molecule has 8 heteroatoms. The number of aliphatic carboxylic acids is 1. The summed E-state index contributed by atoms with van der Waals surface area (Å²) in [5.41, 5.74) is 0.511. The average Bonchev–Trinajstić information content (AvgIpc) is 3.11. The van der Waals surface area contributed by atoms with E-state index in [-0.39, 0.29) is 11.3 Å². The van der Waals surface area contributed by atoms with Gasteiger partial charge in [-0.1, -0.05) is 17.8 Å². The van der Waals surface area contributed by atoms with Gasteiger partial charge in [-0.2, -0.15) is 0 Å². The molecule has 0 aliphatic heterocycles. The Balaban J connectivity index is 2.08. The van der Waals surface area contributed by atoms with E-state index in [1.807, 2.05) is 22.9 Å². The van der Waals surface area contributed by atoms with E-state index in [0.29, 0.717) is 21.9 Å². The minimum absolute atomic E-state index is 0.115. The van der Waals surface area contributed by atoms with E-state index in [9.17, 15) is 9.59 Å². The summed E-state index contributed by atoms with van der Waals surface area (Å²) in [6, 6.07) is 5.65. The van der Waals surface area contributed by atoms with Crippen molar-refractivity contribution >= 4 is 50.6 Å². The molecule has 0 radical (unpaired) electrons. The molecule has 0 aliphatic carbocycles. The Morgan fingerprint density at radius 1 is 1.33 bits per heavy atom. The zero-order valence-corrected chi connectivity index (χ0v) is 13.1. The second-order valence-electron chi connectivity index (χ2n) is 4.18. The van der Waals surface area contributed by atoms with E-state index in [1.54, 1.807) is 22.0 Å². The number of rotatable bonds is 5. The molecule has 1 N–H and O–H groups in total. The molecule has 0 fully saturated rings. The van der Waals surface area contributed by atoms with E-state index >= 15 is 0 Å². The van der Waals surface area contributed by atoms with Gasteiger partial charge in [-0.15, -0.1) is 22.7 Å². The minimum Gasteiger partial charge on any atom is -0.481 e. The Bertz CT molecular complexity index is 836. The molecule has 0 unspecified atom stereocenters. The second-order valence-corrected chi connectivity index (χ2v) is 7.07. The first-order chi connectivity index (χ1) is 10.1. The van der Waals surface area contributed by atoms with E-state index in [2.05, 4.69) is 4.98 Å². The van der Waals surface area contributed by atoms with E-state index in [4.69, 9.17) is 5.11 Å². The van der Waals surface area contributed by atoms with Crippen LogP contribution in [0.1, 0.15) is 4.88 Å². The van der Waals surface area contributed by atoms with Crippen LogP contribution >= 0.6 is 34.4 Å². The highest BCUT2D eigenvalue weighted by Gasteiger charge is 2.14. The first-order valence-electron chi connectivity index (χ1n) is 6.00. The van der Waals surface area contributed by atoms with Crippen LogP contribution in [0.3, 0.4) is 0 Å². The van der Waals surface area contributed by atoms with Crippen LogP contribution in [-0.2, 0) is 11.3 Å². The normalized spacial score (nSPS) is 11.0. The summed E-state index contributed by atoms with van der Waals surface area (Å²) in [6.07, 6.45) is 0. The number of thioether (sulfide) groups is 1. The summed E-state index contributed by atoms with van der Waals surface area (Å²) in [7, 11) is 0. The van der Waals surface area contributed by atoms with Crippen molar-refractivity contribution in [2.24, 2.45) is 0 Å². The number of carboxylic acids is 1. The van der Waals surface area contributed by atoms with Crippen molar-refractivity contribution in [2.45, 2.75) is 11.7 Å². The van der Waals surface area contributed by atoms with Crippen molar-refractivity contribution in [1.29, 1.82) is 0 Å². The molecular formula is C13H10N2O3S3. The van der Waals surface area contributed by atoms with E-state index in [0.717, 1.165) is 16.6 Å². The Morgan fingerprint density at radius 3 is 2.90 bits per heavy atom. The minimum atomic E-state index is -0.928. The molecule has 0 bridgehead atoms. The summed E-state index contributed by atoms with van der Waals surface area (Å²) in [6.45, 7) is 0.416. The largest absolute Gasteiger partial charge is 0.481 e. The van der Waals surface area contributed by atoms with Crippen LogP contribution in [0.5, 0.6) is 0 Å². The molecule has 3 aromatic heterocycles. The van der Waals surface area contributed by atoms with Crippen LogP contribution in [0.25, 0.3) is 10.2 Å². The predicted molar refractivity (Wildman–Crippen MR) is 85.7 cm³/mol. The predicted octanol–water partition coefficient (Wildman–Crippen LogP) is 2.74. The lowest BCUT2D eigenvalue weighted by atomic mass is 10.4. The summed E-state index contributed by atoms with van der Waals surface area (Å²) in [5.74, 6) is -1.05. The van der Waals surface area contributed by atoms with Gasteiger partial charge in [0.2, 0.25) is 0 Å². The maximum absolute atomic E-state index is 12.6. The lowest BCUT2D eigenvalue weighted by Gasteiger charge is -2.10. The lowest BCUT2D eigenvalue weighted by Crippen LogP contribution is -2.23. The quantitative estimate of drug-likeness (QED) is 0.572. The fourth-order valence-electron chi connectivity index (χ4n) is 1.86. The molecule has 0 saturated carbocycles. The number of carboxylic acid groups (broad SMARTS) is 1. The van der Waals surface area contributed by atoms with Gasteiger partial charge in [0.05, 0.1) is 17.8 Å². The molecule has 0 saturated heterocycles. The Morgan fingerprint density at radius 2 is 2.19 bits per heavy atom. The number of thiophene rings is 2. The number of nitrogens with zero attached hydrogens (tertiary/aromatic N) is 2. The smallest absolute Gasteiger partial charge is 0.313 e. The van der Waals surface area contributed by atoms with Gasteiger partial charge < -0.3 is 5.11 Å². The first kappa shape index (κ1) is 14.3. The zero-order valence-electron chi connectivity index (χ0n) is 10.7. The van der Waals surface area contributed by atoms with Gasteiger partial charge in [0, 0.05) is 4.88 Å². The molecular weight excluding hydrogens is 328 g/mol. The molecule has 3 rings (SSSR count). The second kappa shape index (κ2) is 6.00. The number of aromatic nitrogens is 2. The molecule has 5 nitrogen and oxygen atoms in total. The van der Waals surface area contributed by atoms with Crippen LogP contribution in [0.15, 0.2) is 38.9 Å². The van der Waals surface area contributed by atoms with Gasteiger partial charge in [0.15, 0.2) is 5.16 Å². The topological polar surface area (TPSA) is 72.2 Å². The Labute approximate surface area is 131 Å². The first-order valence-corrected chi connectivity index (χ1v) is 8.74. The summed E-state index contributed by atoms with van der Waals surface area (Å²) in [5, 5.41) is 13.0. The highest BCUT2D eigenvalue weighted by molar-refractivity contribution is 7.99.